The average Bonchev–Trinajstić information content (AvgIpc) is 3.13. The number of aromatic nitrogens is 2. The molecule has 7 heteroatoms. The van der Waals surface area contributed by atoms with Gasteiger partial charge in [0.25, 0.3) is 5.56 Å². The lowest BCUT2D eigenvalue weighted by atomic mass is 10.3. The van der Waals surface area contributed by atoms with Gasteiger partial charge in [0, 0.05) is 4.88 Å². The Bertz CT molecular complexity index is 764. The minimum absolute atomic E-state index is 0.118. The average molecular weight is 322 g/mol. The molecule has 0 saturated heterocycles. The van der Waals surface area contributed by atoms with E-state index >= 15 is 0 Å². The Labute approximate surface area is 129 Å². The maximum absolute atomic E-state index is 12.2. The third-order valence-corrected chi connectivity index (χ3v) is 4.72. The largest absolute Gasteiger partial charge is 0.389 e. The highest BCUT2D eigenvalue weighted by Crippen LogP contribution is 2.13. The summed E-state index contributed by atoms with van der Waals surface area (Å²) < 4.78 is 7.50. The van der Waals surface area contributed by atoms with E-state index in [0.717, 1.165) is 4.88 Å². The van der Waals surface area contributed by atoms with Gasteiger partial charge in [0.15, 0.2) is 0 Å². The van der Waals surface area contributed by atoms with Crippen LogP contribution < -0.4 is 5.56 Å². The molecular weight excluding hydrogens is 308 g/mol. The summed E-state index contributed by atoms with van der Waals surface area (Å²) in [6.07, 6.45) is 0.738. The lowest BCUT2D eigenvalue weighted by molar-refractivity contribution is 0.0208. The van der Waals surface area contributed by atoms with Gasteiger partial charge in [-0.3, -0.25) is 9.36 Å². The molecule has 3 heterocycles. The summed E-state index contributed by atoms with van der Waals surface area (Å²) in [4.78, 5) is 17.5. The molecule has 0 fully saturated rings. The van der Waals surface area contributed by atoms with Crippen LogP contribution in [-0.4, -0.2) is 27.4 Å². The lowest BCUT2D eigenvalue weighted by Crippen LogP contribution is -2.29. The molecule has 1 N–H and O–H groups in total. The van der Waals surface area contributed by atoms with Gasteiger partial charge in [-0.15, -0.1) is 22.7 Å². The van der Waals surface area contributed by atoms with Crippen LogP contribution in [0.25, 0.3) is 10.2 Å². The first-order valence-electron chi connectivity index (χ1n) is 6.45. The number of hydrogen-bond acceptors (Lipinski definition) is 6. The summed E-state index contributed by atoms with van der Waals surface area (Å²) in [6.45, 7) is 0.850. The molecule has 3 aromatic rings. The highest BCUT2D eigenvalue weighted by Gasteiger charge is 2.10. The van der Waals surface area contributed by atoms with E-state index in [1.165, 1.54) is 22.2 Å². The molecule has 5 nitrogen and oxygen atoms in total. The van der Waals surface area contributed by atoms with Gasteiger partial charge in [-0.1, -0.05) is 6.07 Å². The fourth-order valence-electron chi connectivity index (χ4n) is 1.98. The molecule has 21 heavy (non-hydrogen) atoms. The van der Waals surface area contributed by atoms with Crippen molar-refractivity contribution in [2.24, 2.45) is 0 Å². The summed E-state index contributed by atoms with van der Waals surface area (Å²) in [5.74, 6) is 0. The van der Waals surface area contributed by atoms with Crippen LogP contribution in [0.2, 0.25) is 0 Å². The topological polar surface area (TPSA) is 64.4 Å². The molecule has 0 spiro atoms. The predicted molar refractivity (Wildman–Crippen MR) is 83.9 cm³/mol. The smallest absolute Gasteiger partial charge is 0.271 e. The van der Waals surface area contributed by atoms with Gasteiger partial charge in [0.2, 0.25) is 0 Å². The van der Waals surface area contributed by atoms with E-state index in [0.29, 0.717) is 16.8 Å². The van der Waals surface area contributed by atoms with Crippen LogP contribution in [0.1, 0.15) is 4.88 Å². The summed E-state index contributed by atoms with van der Waals surface area (Å²) in [6, 6.07) is 5.75. The van der Waals surface area contributed by atoms with Crippen molar-refractivity contribution in [3.63, 3.8) is 0 Å². The van der Waals surface area contributed by atoms with E-state index < -0.39 is 6.10 Å². The second kappa shape index (κ2) is 6.48. The first kappa shape index (κ1) is 14.4. The molecule has 0 unspecified atom stereocenters. The second-order valence-electron chi connectivity index (χ2n) is 4.59. The van der Waals surface area contributed by atoms with Gasteiger partial charge in [-0.2, -0.15) is 0 Å². The Morgan fingerprint density at radius 2 is 2.24 bits per heavy atom. The molecule has 0 radical (unpaired) electrons. The van der Waals surface area contributed by atoms with Crippen LogP contribution in [0.3, 0.4) is 0 Å². The Balaban J connectivity index is 1.59. The number of nitrogens with zero attached hydrogens (tertiary/aromatic N) is 2. The van der Waals surface area contributed by atoms with Crippen LogP contribution >= 0.6 is 22.7 Å². The Morgan fingerprint density at radius 1 is 1.33 bits per heavy atom. The highest BCUT2D eigenvalue weighted by molar-refractivity contribution is 7.17. The first-order chi connectivity index (χ1) is 10.2. The Kier molecular flexibility index (Phi) is 4.45. The molecule has 110 valence electrons. The van der Waals surface area contributed by atoms with Crippen molar-refractivity contribution in [1.82, 2.24) is 9.55 Å². The van der Waals surface area contributed by atoms with Crippen molar-refractivity contribution in [3.8, 4) is 0 Å². The minimum Gasteiger partial charge on any atom is -0.389 e. The molecule has 0 amide bonds. The molecule has 1 atom stereocenters. The Morgan fingerprint density at radius 3 is 3.05 bits per heavy atom. The van der Waals surface area contributed by atoms with Gasteiger partial charge >= 0.3 is 0 Å². The minimum atomic E-state index is -0.734. The van der Waals surface area contributed by atoms with E-state index in [4.69, 9.17) is 4.74 Å². The summed E-state index contributed by atoms with van der Waals surface area (Å²) in [7, 11) is 0. The van der Waals surface area contributed by atoms with Crippen molar-refractivity contribution in [1.29, 1.82) is 0 Å². The number of rotatable bonds is 6. The number of hydrogen-bond donors (Lipinski definition) is 1. The molecule has 0 aliphatic rings. The molecule has 3 rings (SSSR count). The van der Waals surface area contributed by atoms with Crippen molar-refractivity contribution in [2.45, 2.75) is 19.3 Å². The van der Waals surface area contributed by atoms with Crippen LogP contribution in [0, 0.1) is 0 Å². The van der Waals surface area contributed by atoms with E-state index in [-0.39, 0.29) is 18.7 Å². The molecule has 0 bridgehead atoms. The zero-order valence-electron chi connectivity index (χ0n) is 11.1. The molecular formula is C14H14N2O3S2. The number of ether oxygens (including phenoxy) is 1. The van der Waals surface area contributed by atoms with E-state index in [9.17, 15) is 9.90 Å². The maximum atomic E-state index is 12.2. The second-order valence-corrected chi connectivity index (χ2v) is 6.53. The third-order valence-electron chi connectivity index (χ3n) is 2.98. The monoisotopic (exact) mass is 322 g/mol. The van der Waals surface area contributed by atoms with Crippen LogP contribution in [0.15, 0.2) is 40.1 Å². The molecule has 0 saturated carbocycles. The molecule has 3 aromatic heterocycles. The summed E-state index contributed by atoms with van der Waals surface area (Å²) in [5, 5.41) is 13.8. The fourth-order valence-corrected chi connectivity index (χ4v) is 3.41. The fraction of sp³-hybridized carbons (Fsp3) is 0.286. The quantitative estimate of drug-likeness (QED) is 0.755. The van der Waals surface area contributed by atoms with E-state index in [1.54, 1.807) is 11.3 Å². The Hall–Kier alpha value is -1.54. The molecule has 0 aromatic carbocycles. The van der Waals surface area contributed by atoms with Gasteiger partial charge in [0.1, 0.15) is 4.70 Å². The summed E-state index contributed by atoms with van der Waals surface area (Å²) in [5.41, 5.74) is 0.581. The van der Waals surface area contributed by atoms with Crippen molar-refractivity contribution in [2.75, 3.05) is 6.61 Å². The molecule has 0 aliphatic carbocycles. The zero-order valence-corrected chi connectivity index (χ0v) is 12.8. The molecule has 0 aliphatic heterocycles. The van der Waals surface area contributed by atoms with Crippen LogP contribution in [-0.2, 0) is 17.9 Å². The number of aliphatic hydroxyl groups is 1. The van der Waals surface area contributed by atoms with Crippen LogP contribution in [0.4, 0.5) is 0 Å². The summed E-state index contributed by atoms with van der Waals surface area (Å²) >= 11 is 2.98. The van der Waals surface area contributed by atoms with Crippen molar-refractivity contribution in [3.05, 3.63) is 50.5 Å². The zero-order chi connectivity index (χ0) is 14.7. The van der Waals surface area contributed by atoms with E-state index in [1.807, 2.05) is 29.0 Å². The van der Waals surface area contributed by atoms with Gasteiger partial charge < -0.3 is 9.84 Å². The van der Waals surface area contributed by atoms with Crippen molar-refractivity contribution >= 4 is 32.9 Å². The first-order valence-corrected chi connectivity index (χ1v) is 8.21. The van der Waals surface area contributed by atoms with E-state index in [2.05, 4.69) is 4.98 Å². The number of aliphatic hydroxyl groups excluding tert-OH is 1. The number of fused-ring (bicyclic) bond motifs is 1. The standard InChI is InChI=1S/C14H14N2O3S2/c17-10(7-19-8-11-2-1-4-20-11)6-16-9-15-12-3-5-21-13(12)14(16)18/h1-5,9-10,17H,6-8H2/t10-/m0/s1. The highest BCUT2D eigenvalue weighted by atomic mass is 32.1. The van der Waals surface area contributed by atoms with Gasteiger partial charge in [0.05, 0.1) is 37.7 Å². The predicted octanol–water partition coefficient (Wildman–Crippen LogP) is 2.10. The van der Waals surface area contributed by atoms with Gasteiger partial charge in [-0.05, 0) is 22.9 Å². The normalized spacial score (nSPS) is 12.8. The maximum Gasteiger partial charge on any atom is 0.271 e. The van der Waals surface area contributed by atoms with Crippen molar-refractivity contribution < 1.29 is 9.84 Å². The lowest BCUT2D eigenvalue weighted by Gasteiger charge is -2.12. The van der Waals surface area contributed by atoms with Gasteiger partial charge in [-0.25, -0.2) is 4.98 Å². The number of thiophene rings is 2. The SMILES string of the molecule is O=c1c2sccc2ncn1C[C@H](O)COCc1cccs1. The third kappa shape index (κ3) is 3.38. The van der Waals surface area contributed by atoms with Crippen LogP contribution in [0.5, 0.6) is 0 Å².